The normalized spacial score (nSPS) is 10.3. The first-order chi connectivity index (χ1) is 6.27. The lowest BCUT2D eigenvalue weighted by atomic mass is 10.4. The molecule has 0 aliphatic rings. The summed E-state index contributed by atoms with van der Waals surface area (Å²) in [5.74, 6) is 2.98. The van der Waals surface area contributed by atoms with Crippen LogP contribution in [0.2, 0.25) is 0 Å². The highest BCUT2D eigenvalue weighted by Crippen LogP contribution is 2.28. The monoisotopic (exact) mass is 178 g/mol. The molecule has 0 saturated heterocycles. The van der Waals surface area contributed by atoms with Gasteiger partial charge in [0.1, 0.15) is 11.5 Å². The molecule has 0 saturated carbocycles. The van der Waals surface area contributed by atoms with Crippen molar-refractivity contribution < 1.29 is 13.6 Å². The Labute approximate surface area is 75.9 Å². The van der Waals surface area contributed by atoms with Crippen LogP contribution in [0.3, 0.4) is 0 Å². The van der Waals surface area contributed by atoms with Gasteiger partial charge < -0.3 is 13.6 Å². The van der Waals surface area contributed by atoms with Crippen LogP contribution in [0.15, 0.2) is 33.5 Å². The summed E-state index contributed by atoms with van der Waals surface area (Å²) in [6.07, 6.45) is 3.19. The average molecular weight is 178 g/mol. The zero-order valence-corrected chi connectivity index (χ0v) is 7.53. The van der Waals surface area contributed by atoms with E-state index in [1.165, 1.54) is 0 Å². The average Bonchev–Trinajstić information content (AvgIpc) is 2.65. The molecule has 2 heterocycles. The van der Waals surface area contributed by atoms with Gasteiger partial charge in [0, 0.05) is 12.1 Å². The Bertz CT molecular complexity index is 359. The zero-order chi connectivity index (χ0) is 9.26. The molecule has 3 heteroatoms. The summed E-state index contributed by atoms with van der Waals surface area (Å²) in [6.45, 7) is 3.70. The van der Waals surface area contributed by atoms with E-state index in [1.54, 1.807) is 24.7 Å². The van der Waals surface area contributed by atoms with Gasteiger partial charge in [0.15, 0.2) is 11.5 Å². The number of hydrogen-bond acceptors (Lipinski definition) is 3. The van der Waals surface area contributed by atoms with Crippen molar-refractivity contribution in [2.45, 2.75) is 13.8 Å². The Morgan fingerprint density at radius 2 is 1.38 bits per heavy atom. The maximum absolute atomic E-state index is 5.53. The Kier molecular flexibility index (Phi) is 1.85. The molecule has 2 aromatic rings. The van der Waals surface area contributed by atoms with Crippen LogP contribution in [0.5, 0.6) is 11.5 Å². The first kappa shape index (κ1) is 7.98. The fourth-order valence-corrected chi connectivity index (χ4v) is 1.08. The van der Waals surface area contributed by atoms with Gasteiger partial charge >= 0.3 is 0 Å². The fourth-order valence-electron chi connectivity index (χ4n) is 1.08. The van der Waals surface area contributed by atoms with Gasteiger partial charge in [-0.3, -0.25) is 0 Å². The third-order valence-electron chi connectivity index (χ3n) is 1.84. The molecule has 0 atom stereocenters. The third-order valence-corrected chi connectivity index (χ3v) is 1.84. The van der Waals surface area contributed by atoms with Gasteiger partial charge in [-0.25, -0.2) is 0 Å². The zero-order valence-electron chi connectivity index (χ0n) is 7.53. The van der Waals surface area contributed by atoms with Crippen molar-refractivity contribution in [3.8, 4) is 11.5 Å². The van der Waals surface area contributed by atoms with Crippen LogP contribution in [-0.4, -0.2) is 0 Å². The summed E-state index contributed by atoms with van der Waals surface area (Å²) >= 11 is 0. The summed E-state index contributed by atoms with van der Waals surface area (Å²) in [4.78, 5) is 0. The van der Waals surface area contributed by atoms with E-state index in [1.807, 2.05) is 13.8 Å². The maximum atomic E-state index is 5.53. The predicted octanol–water partition coefficient (Wildman–Crippen LogP) is 3.28. The van der Waals surface area contributed by atoms with Crippen molar-refractivity contribution in [2.75, 3.05) is 0 Å². The standard InChI is InChI=1S/C10H10O3/c1-7-9(3-5-11-7)13-10-4-6-12-8(10)2/h3-6H,1-2H3. The number of furan rings is 2. The quantitative estimate of drug-likeness (QED) is 0.707. The van der Waals surface area contributed by atoms with Crippen molar-refractivity contribution in [2.24, 2.45) is 0 Å². The molecule has 0 amide bonds. The Balaban J connectivity index is 2.24. The molecule has 0 bridgehead atoms. The molecular weight excluding hydrogens is 168 g/mol. The number of hydrogen-bond donors (Lipinski definition) is 0. The lowest BCUT2D eigenvalue weighted by molar-refractivity contribution is 0.432. The lowest BCUT2D eigenvalue weighted by Crippen LogP contribution is -1.82. The topological polar surface area (TPSA) is 35.5 Å². The Hall–Kier alpha value is -1.64. The molecule has 0 aromatic carbocycles. The van der Waals surface area contributed by atoms with Crippen LogP contribution in [0, 0.1) is 13.8 Å². The highest BCUT2D eigenvalue weighted by atomic mass is 16.5. The van der Waals surface area contributed by atoms with Gasteiger partial charge in [0.2, 0.25) is 0 Å². The van der Waals surface area contributed by atoms with Gasteiger partial charge in [-0.15, -0.1) is 0 Å². The molecule has 2 rings (SSSR count). The lowest BCUT2D eigenvalue weighted by Gasteiger charge is -2.00. The van der Waals surface area contributed by atoms with Crippen molar-refractivity contribution >= 4 is 0 Å². The van der Waals surface area contributed by atoms with Gasteiger partial charge in [0.05, 0.1) is 12.5 Å². The minimum Gasteiger partial charge on any atom is -0.466 e. The largest absolute Gasteiger partial charge is 0.466 e. The molecule has 0 radical (unpaired) electrons. The highest BCUT2D eigenvalue weighted by Gasteiger charge is 2.07. The van der Waals surface area contributed by atoms with E-state index in [2.05, 4.69) is 0 Å². The molecule has 3 nitrogen and oxygen atoms in total. The maximum Gasteiger partial charge on any atom is 0.168 e. The predicted molar refractivity (Wildman–Crippen MR) is 47.0 cm³/mol. The van der Waals surface area contributed by atoms with Crippen molar-refractivity contribution in [1.82, 2.24) is 0 Å². The van der Waals surface area contributed by atoms with Crippen LogP contribution in [-0.2, 0) is 0 Å². The van der Waals surface area contributed by atoms with E-state index in [4.69, 9.17) is 13.6 Å². The van der Waals surface area contributed by atoms with Crippen LogP contribution >= 0.6 is 0 Å². The minimum absolute atomic E-state index is 0.726. The molecular formula is C10H10O3. The summed E-state index contributed by atoms with van der Waals surface area (Å²) in [5.41, 5.74) is 0. The molecule has 2 aromatic heterocycles. The van der Waals surface area contributed by atoms with Gasteiger partial charge in [-0.1, -0.05) is 0 Å². The minimum atomic E-state index is 0.726. The molecule has 0 fully saturated rings. The third kappa shape index (κ3) is 1.45. The second-order valence-electron chi connectivity index (χ2n) is 2.78. The molecule has 0 spiro atoms. The summed E-state index contributed by atoms with van der Waals surface area (Å²) in [5, 5.41) is 0. The first-order valence-corrected chi connectivity index (χ1v) is 4.03. The molecule has 0 aliphatic carbocycles. The van der Waals surface area contributed by atoms with Gasteiger partial charge in [-0.05, 0) is 13.8 Å². The van der Waals surface area contributed by atoms with Crippen LogP contribution in [0.1, 0.15) is 11.5 Å². The fraction of sp³-hybridized carbons (Fsp3) is 0.200. The van der Waals surface area contributed by atoms with Crippen LogP contribution < -0.4 is 4.74 Å². The highest BCUT2D eigenvalue weighted by molar-refractivity contribution is 5.33. The summed E-state index contributed by atoms with van der Waals surface area (Å²) in [7, 11) is 0. The Morgan fingerprint density at radius 3 is 1.69 bits per heavy atom. The second kappa shape index (κ2) is 3.01. The molecule has 0 aliphatic heterocycles. The van der Waals surface area contributed by atoms with E-state index >= 15 is 0 Å². The molecule has 13 heavy (non-hydrogen) atoms. The van der Waals surface area contributed by atoms with E-state index in [0.29, 0.717) is 0 Å². The van der Waals surface area contributed by atoms with E-state index in [9.17, 15) is 0 Å². The smallest absolute Gasteiger partial charge is 0.168 e. The van der Waals surface area contributed by atoms with E-state index < -0.39 is 0 Å². The summed E-state index contributed by atoms with van der Waals surface area (Å²) < 4.78 is 15.7. The SMILES string of the molecule is Cc1occc1Oc1ccoc1C. The number of ether oxygens (including phenoxy) is 1. The van der Waals surface area contributed by atoms with Gasteiger partial charge in [0.25, 0.3) is 0 Å². The number of aryl methyl sites for hydroxylation is 2. The summed E-state index contributed by atoms with van der Waals surface area (Å²) in [6, 6.07) is 3.56. The molecule has 0 N–H and O–H groups in total. The van der Waals surface area contributed by atoms with Crippen molar-refractivity contribution in [1.29, 1.82) is 0 Å². The van der Waals surface area contributed by atoms with Crippen LogP contribution in [0.4, 0.5) is 0 Å². The number of rotatable bonds is 2. The molecule has 0 unspecified atom stereocenters. The van der Waals surface area contributed by atoms with E-state index in [-0.39, 0.29) is 0 Å². The van der Waals surface area contributed by atoms with Gasteiger partial charge in [-0.2, -0.15) is 0 Å². The molecule has 68 valence electrons. The van der Waals surface area contributed by atoms with E-state index in [0.717, 1.165) is 23.0 Å². The Morgan fingerprint density at radius 1 is 0.923 bits per heavy atom. The van der Waals surface area contributed by atoms with Crippen LogP contribution in [0.25, 0.3) is 0 Å². The first-order valence-electron chi connectivity index (χ1n) is 4.03. The second-order valence-corrected chi connectivity index (χ2v) is 2.78. The van der Waals surface area contributed by atoms with Crippen molar-refractivity contribution in [3.63, 3.8) is 0 Å². The van der Waals surface area contributed by atoms with Crippen molar-refractivity contribution in [3.05, 3.63) is 36.2 Å².